The molecule has 2 N–H and O–H groups in total. The average molecular weight is 431 g/mol. The Morgan fingerprint density at radius 1 is 1.32 bits per heavy atom. The molecule has 7 nitrogen and oxygen atoms in total. The first-order valence-corrected chi connectivity index (χ1v) is 11.6. The van der Waals surface area contributed by atoms with Gasteiger partial charge in [0.15, 0.2) is 0 Å². The number of hydrogen-bond donors (Lipinski definition) is 2. The highest BCUT2D eigenvalue weighted by Crippen LogP contribution is 2.50. The summed E-state index contributed by atoms with van der Waals surface area (Å²) in [4.78, 5) is 24.7. The molecule has 2 amide bonds. The molecule has 172 valence electrons. The van der Waals surface area contributed by atoms with Gasteiger partial charge in [-0.25, -0.2) is 4.68 Å². The van der Waals surface area contributed by atoms with Crippen LogP contribution in [-0.2, 0) is 4.79 Å². The van der Waals surface area contributed by atoms with E-state index in [1.54, 1.807) is 17.1 Å². The molecular weight excluding hydrogens is 392 g/mol. The molecule has 0 aromatic carbocycles. The first-order valence-electron chi connectivity index (χ1n) is 11.6. The summed E-state index contributed by atoms with van der Waals surface area (Å²) in [7, 11) is 0. The zero-order valence-corrected chi connectivity index (χ0v) is 19.8. The molecule has 0 radical (unpaired) electrons. The van der Waals surface area contributed by atoms with E-state index >= 15 is 0 Å². The molecule has 0 spiro atoms. The van der Waals surface area contributed by atoms with Crippen LogP contribution in [0, 0.1) is 17.8 Å². The van der Waals surface area contributed by atoms with E-state index in [1.807, 2.05) is 33.8 Å². The van der Waals surface area contributed by atoms with Crippen LogP contribution >= 0.6 is 0 Å². The lowest BCUT2D eigenvalue weighted by molar-refractivity contribution is -0.120. The number of amides is 2. The Balaban J connectivity index is 1.80. The molecule has 2 aliphatic carbocycles. The minimum atomic E-state index is -0.550. The average Bonchev–Trinajstić information content (AvgIpc) is 3.35. The summed E-state index contributed by atoms with van der Waals surface area (Å²) in [6.07, 6.45) is 11.1. The second-order valence-electron chi connectivity index (χ2n) is 9.98. The van der Waals surface area contributed by atoms with Crippen molar-refractivity contribution in [3.8, 4) is 5.88 Å². The summed E-state index contributed by atoms with van der Waals surface area (Å²) in [6, 6.07) is 0.246. The van der Waals surface area contributed by atoms with E-state index in [-0.39, 0.29) is 24.0 Å². The van der Waals surface area contributed by atoms with Crippen molar-refractivity contribution in [2.45, 2.75) is 91.3 Å². The van der Waals surface area contributed by atoms with Crippen molar-refractivity contribution < 1.29 is 14.3 Å². The van der Waals surface area contributed by atoms with Gasteiger partial charge in [-0.2, -0.15) is 5.10 Å². The van der Waals surface area contributed by atoms with Gasteiger partial charge in [-0.3, -0.25) is 9.59 Å². The molecule has 4 unspecified atom stereocenters. The van der Waals surface area contributed by atoms with Crippen molar-refractivity contribution in [1.29, 1.82) is 0 Å². The first-order chi connectivity index (χ1) is 14.6. The molecule has 1 aromatic rings. The number of aromatic nitrogens is 2. The Kier molecular flexibility index (Phi) is 7.12. The van der Waals surface area contributed by atoms with Gasteiger partial charge in [0.25, 0.3) is 5.91 Å². The van der Waals surface area contributed by atoms with E-state index in [1.165, 1.54) is 32.6 Å². The molecule has 0 aliphatic heterocycles. The third kappa shape index (κ3) is 5.49. The van der Waals surface area contributed by atoms with E-state index < -0.39 is 5.54 Å². The summed E-state index contributed by atoms with van der Waals surface area (Å²) in [5.41, 5.74) is -0.0973. The second kappa shape index (κ2) is 9.45. The predicted octanol–water partition coefficient (Wildman–Crippen LogP) is 4.00. The topological polar surface area (TPSA) is 85.3 Å². The van der Waals surface area contributed by atoms with E-state index in [9.17, 15) is 9.59 Å². The number of nitrogens with zero attached hydrogens (tertiary/aromatic N) is 2. The maximum absolute atomic E-state index is 13.3. The highest BCUT2D eigenvalue weighted by molar-refractivity contribution is 5.96. The summed E-state index contributed by atoms with van der Waals surface area (Å²) in [5, 5.41) is 10.6. The fourth-order valence-corrected chi connectivity index (χ4v) is 5.32. The van der Waals surface area contributed by atoms with Crippen LogP contribution in [0.25, 0.3) is 6.20 Å². The molecule has 31 heavy (non-hydrogen) atoms. The highest BCUT2D eigenvalue weighted by atomic mass is 16.5. The fourth-order valence-electron chi connectivity index (χ4n) is 5.32. The molecule has 1 aromatic heterocycles. The quantitative estimate of drug-likeness (QED) is 0.620. The minimum Gasteiger partial charge on any atom is -0.474 e. The lowest BCUT2D eigenvalue weighted by Crippen LogP contribution is -2.44. The van der Waals surface area contributed by atoms with Crippen LogP contribution in [0.4, 0.5) is 0 Å². The van der Waals surface area contributed by atoms with Crippen LogP contribution < -0.4 is 15.4 Å². The van der Waals surface area contributed by atoms with Gasteiger partial charge in [-0.05, 0) is 77.2 Å². The van der Waals surface area contributed by atoms with Crippen LogP contribution in [0.15, 0.2) is 12.3 Å². The van der Waals surface area contributed by atoms with E-state index in [2.05, 4.69) is 22.7 Å². The van der Waals surface area contributed by atoms with Crippen molar-refractivity contribution in [1.82, 2.24) is 20.4 Å². The van der Waals surface area contributed by atoms with Crippen LogP contribution in [0.1, 0.15) is 84.0 Å². The van der Waals surface area contributed by atoms with Crippen LogP contribution in [0.3, 0.4) is 0 Å². The Morgan fingerprint density at radius 3 is 2.68 bits per heavy atom. The van der Waals surface area contributed by atoms with Crippen molar-refractivity contribution in [3.63, 3.8) is 0 Å². The summed E-state index contributed by atoms with van der Waals surface area (Å²) >= 11 is 0. The second-order valence-corrected chi connectivity index (χ2v) is 9.98. The molecule has 7 heteroatoms. The largest absolute Gasteiger partial charge is 0.474 e. The Bertz CT molecular complexity index is 827. The summed E-state index contributed by atoms with van der Waals surface area (Å²) in [5.74, 6) is 2.13. The predicted molar refractivity (Wildman–Crippen MR) is 122 cm³/mol. The van der Waals surface area contributed by atoms with E-state index in [0.717, 1.165) is 12.3 Å². The first kappa shape index (κ1) is 23.4. The number of carbonyl (C=O) groups is 2. The molecule has 3 rings (SSSR count). The van der Waals surface area contributed by atoms with Crippen molar-refractivity contribution in [2.24, 2.45) is 17.8 Å². The van der Waals surface area contributed by atoms with Crippen molar-refractivity contribution >= 4 is 18.0 Å². The van der Waals surface area contributed by atoms with Crippen molar-refractivity contribution in [3.05, 3.63) is 17.8 Å². The third-order valence-corrected chi connectivity index (χ3v) is 6.48. The van der Waals surface area contributed by atoms with E-state index in [0.29, 0.717) is 23.3 Å². The number of ether oxygens (including phenoxy) is 1. The van der Waals surface area contributed by atoms with Gasteiger partial charge in [0, 0.05) is 19.2 Å². The number of nitrogens with one attached hydrogen (secondary N) is 2. The molecule has 4 atom stereocenters. The number of hydrogen-bond acceptors (Lipinski definition) is 4. The highest BCUT2D eigenvalue weighted by Gasteiger charge is 2.47. The smallest absolute Gasteiger partial charge is 0.258 e. The van der Waals surface area contributed by atoms with Crippen LogP contribution in [0.2, 0.25) is 0 Å². The maximum Gasteiger partial charge on any atom is 0.258 e. The lowest BCUT2D eigenvalue weighted by atomic mass is 9.81. The van der Waals surface area contributed by atoms with Crippen molar-refractivity contribution in [2.75, 3.05) is 0 Å². The van der Waals surface area contributed by atoms with Gasteiger partial charge in [0.2, 0.25) is 11.8 Å². The van der Waals surface area contributed by atoms with Gasteiger partial charge in [0.05, 0.1) is 17.8 Å². The van der Waals surface area contributed by atoms with Crippen LogP contribution in [-0.4, -0.2) is 39.3 Å². The zero-order valence-electron chi connectivity index (χ0n) is 19.8. The van der Waals surface area contributed by atoms with Crippen LogP contribution in [0.5, 0.6) is 5.88 Å². The molecular formula is C24H38N4O3. The normalized spacial score (nSPS) is 25.4. The third-order valence-electron chi connectivity index (χ3n) is 6.48. The minimum absolute atomic E-state index is 0.103. The Hall–Kier alpha value is -2.31. The molecule has 2 fully saturated rings. The standard InChI is InChI=1S/C24H38N4O3/c1-7-8-19-17-9-10-18(13-17)21(19)26-22(30)20-14-25-28(23(20)31-15(2)3)12-11-24(5,6)27-16(4)29/h11-12,14-15,17-19,21H,7-10,13H2,1-6H3,(H,26,30)(H,27,29)/b12-11+. The molecule has 1 heterocycles. The Morgan fingerprint density at radius 2 is 2.03 bits per heavy atom. The number of fused-ring (bicyclic) bond motifs is 2. The Labute approximate surface area is 186 Å². The molecule has 2 saturated carbocycles. The van der Waals surface area contributed by atoms with Gasteiger partial charge in [-0.1, -0.05) is 13.3 Å². The molecule has 2 aliphatic rings. The number of rotatable bonds is 9. The van der Waals surface area contributed by atoms with E-state index in [4.69, 9.17) is 4.74 Å². The van der Waals surface area contributed by atoms with Gasteiger partial charge in [0.1, 0.15) is 5.56 Å². The van der Waals surface area contributed by atoms with Gasteiger partial charge in [-0.15, -0.1) is 0 Å². The SMILES string of the molecule is CCCC1C2CCC(C2)C1NC(=O)c1cnn(/C=C/C(C)(C)NC(C)=O)c1OC(C)C. The maximum atomic E-state index is 13.3. The molecule has 0 saturated heterocycles. The molecule has 2 bridgehead atoms. The lowest BCUT2D eigenvalue weighted by Gasteiger charge is -2.31. The summed E-state index contributed by atoms with van der Waals surface area (Å²) < 4.78 is 7.56. The summed E-state index contributed by atoms with van der Waals surface area (Å²) in [6.45, 7) is 11.4. The monoisotopic (exact) mass is 430 g/mol. The van der Waals surface area contributed by atoms with Gasteiger partial charge >= 0.3 is 0 Å². The zero-order chi connectivity index (χ0) is 22.8. The number of carbonyl (C=O) groups excluding carboxylic acids is 2. The fraction of sp³-hybridized carbons (Fsp3) is 0.708. The van der Waals surface area contributed by atoms with Gasteiger partial charge < -0.3 is 15.4 Å².